The van der Waals surface area contributed by atoms with Crippen molar-refractivity contribution < 1.29 is 4.92 Å². The van der Waals surface area contributed by atoms with Crippen molar-refractivity contribution in [3.8, 4) is 15.6 Å². The van der Waals surface area contributed by atoms with E-state index in [4.69, 9.17) is 0 Å². The number of thiazole rings is 1. The van der Waals surface area contributed by atoms with Crippen LogP contribution in [0.15, 0.2) is 64.5 Å². The molecule has 1 aromatic carbocycles. The van der Waals surface area contributed by atoms with Crippen molar-refractivity contribution in [1.29, 1.82) is 0 Å². The highest BCUT2D eigenvalue weighted by Crippen LogP contribution is 2.28. The number of rotatable bonds is 5. The van der Waals surface area contributed by atoms with Gasteiger partial charge in [-0.05, 0) is 17.5 Å². The van der Waals surface area contributed by atoms with Crippen molar-refractivity contribution in [1.82, 2.24) is 24.3 Å². The standard InChI is InChI=1S/C19H12N6O3S2/c26-19-13-8-21-24(14-4-1-2-5-15(14)25(27)28)17(13)20-11-23(19)9-12-10-30-18(22-12)16-6-3-7-29-16/h1-8,10-11H,9H2. The van der Waals surface area contributed by atoms with Gasteiger partial charge in [0.1, 0.15) is 22.4 Å². The van der Waals surface area contributed by atoms with Crippen molar-refractivity contribution in [2.75, 3.05) is 0 Å². The van der Waals surface area contributed by atoms with E-state index in [0.717, 1.165) is 15.6 Å². The van der Waals surface area contributed by atoms with Crippen molar-refractivity contribution in [3.05, 3.63) is 85.8 Å². The van der Waals surface area contributed by atoms with Gasteiger partial charge in [-0.1, -0.05) is 18.2 Å². The maximum Gasteiger partial charge on any atom is 0.294 e. The normalized spacial score (nSPS) is 11.2. The molecule has 11 heteroatoms. The number of para-hydroxylation sites is 2. The maximum atomic E-state index is 12.9. The number of nitro groups is 1. The second-order valence-electron chi connectivity index (χ2n) is 6.34. The van der Waals surface area contributed by atoms with E-state index >= 15 is 0 Å². The van der Waals surface area contributed by atoms with Crippen LogP contribution < -0.4 is 5.56 Å². The number of hydrogen-bond acceptors (Lipinski definition) is 8. The van der Waals surface area contributed by atoms with E-state index in [-0.39, 0.29) is 34.5 Å². The van der Waals surface area contributed by atoms with Gasteiger partial charge in [0.2, 0.25) is 0 Å². The molecule has 0 atom stereocenters. The molecule has 0 fully saturated rings. The lowest BCUT2D eigenvalue weighted by atomic mass is 10.2. The number of thiophene rings is 1. The van der Waals surface area contributed by atoms with Gasteiger partial charge in [0.15, 0.2) is 5.65 Å². The highest BCUT2D eigenvalue weighted by atomic mass is 32.1. The van der Waals surface area contributed by atoms with E-state index in [1.807, 2.05) is 22.9 Å². The molecule has 0 radical (unpaired) electrons. The summed E-state index contributed by atoms with van der Waals surface area (Å²) in [5.41, 5.74) is 0.885. The average molecular weight is 436 g/mol. The molecule has 0 spiro atoms. The van der Waals surface area contributed by atoms with Gasteiger partial charge in [0.25, 0.3) is 11.2 Å². The van der Waals surface area contributed by atoms with E-state index in [1.54, 1.807) is 29.5 Å². The van der Waals surface area contributed by atoms with Gasteiger partial charge >= 0.3 is 0 Å². The minimum absolute atomic E-state index is 0.114. The van der Waals surface area contributed by atoms with Crippen LogP contribution in [0.3, 0.4) is 0 Å². The van der Waals surface area contributed by atoms with E-state index in [1.165, 1.54) is 39.2 Å². The molecule has 5 rings (SSSR count). The van der Waals surface area contributed by atoms with Gasteiger partial charge in [-0.15, -0.1) is 22.7 Å². The summed E-state index contributed by atoms with van der Waals surface area (Å²) in [6.07, 6.45) is 2.80. The Morgan fingerprint density at radius 3 is 2.80 bits per heavy atom. The first kappa shape index (κ1) is 18.3. The third-order valence-corrected chi connectivity index (χ3v) is 6.41. The number of fused-ring (bicyclic) bond motifs is 1. The molecule has 4 heterocycles. The van der Waals surface area contributed by atoms with Gasteiger partial charge < -0.3 is 0 Å². The number of nitrogens with zero attached hydrogens (tertiary/aromatic N) is 6. The van der Waals surface area contributed by atoms with Crippen molar-refractivity contribution >= 4 is 39.4 Å². The number of hydrogen-bond donors (Lipinski definition) is 0. The first-order valence-electron chi connectivity index (χ1n) is 8.77. The van der Waals surface area contributed by atoms with Crippen LogP contribution in [0.2, 0.25) is 0 Å². The van der Waals surface area contributed by atoms with Crippen LogP contribution in [0.4, 0.5) is 5.69 Å². The van der Waals surface area contributed by atoms with Gasteiger partial charge in [-0.3, -0.25) is 19.5 Å². The van der Waals surface area contributed by atoms with Crippen LogP contribution in [-0.4, -0.2) is 29.2 Å². The Labute approximate surface area is 176 Å². The molecule has 0 aliphatic rings. The molecular formula is C19H12N6O3S2. The molecule has 148 valence electrons. The van der Waals surface area contributed by atoms with Gasteiger partial charge in [-0.2, -0.15) is 5.10 Å². The van der Waals surface area contributed by atoms with Crippen molar-refractivity contribution in [2.45, 2.75) is 6.54 Å². The predicted molar refractivity (Wildman–Crippen MR) is 114 cm³/mol. The number of aromatic nitrogens is 5. The molecule has 0 unspecified atom stereocenters. The molecule has 4 aromatic heterocycles. The first-order valence-corrected chi connectivity index (χ1v) is 10.5. The number of nitro benzene ring substituents is 1. The summed E-state index contributed by atoms with van der Waals surface area (Å²) in [5.74, 6) is 0. The van der Waals surface area contributed by atoms with Gasteiger partial charge in [0.05, 0.1) is 28.2 Å². The van der Waals surface area contributed by atoms with Crippen LogP contribution in [0.25, 0.3) is 26.6 Å². The van der Waals surface area contributed by atoms with Crippen LogP contribution in [0.1, 0.15) is 5.69 Å². The molecule has 5 aromatic rings. The van der Waals surface area contributed by atoms with Crippen LogP contribution in [0, 0.1) is 10.1 Å². The lowest BCUT2D eigenvalue weighted by Gasteiger charge is -2.05. The SMILES string of the molecule is O=c1c2cnn(-c3ccccc3[N+](=O)[O-])c2ncn1Cc1csc(-c2cccs2)n1. The Kier molecular flexibility index (Phi) is 4.45. The van der Waals surface area contributed by atoms with Crippen molar-refractivity contribution in [3.63, 3.8) is 0 Å². The fourth-order valence-corrected chi connectivity index (χ4v) is 4.73. The summed E-state index contributed by atoms with van der Waals surface area (Å²) in [4.78, 5) is 33.8. The minimum atomic E-state index is -0.489. The molecule has 0 bridgehead atoms. The van der Waals surface area contributed by atoms with E-state index in [2.05, 4.69) is 15.1 Å². The van der Waals surface area contributed by atoms with Crippen LogP contribution >= 0.6 is 22.7 Å². The van der Waals surface area contributed by atoms with Crippen LogP contribution in [-0.2, 0) is 6.54 Å². The third kappa shape index (κ3) is 3.09. The summed E-state index contributed by atoms with van der Waals surface area (Å²) in [5, 5.41) is 20.6. The Bertz CT molecular complexity index is 1430. The molecule has 30 heavy (non-hydrogen) atoms. The second kappa shape index (κ2) is 7.28. The molecule has 0 aliphatic carbocycles. The zero-order chi connectivity index (χ0) is 20.7. The molecular weight excluding hydrogens is 424 g/mol. The van der Waals surface area contributed by atoms with E-state index in [9.17, 15) is 14.9 Å². The topological polar surface area (TPSA) is 109 Å². The maximum absolute atomic E-state index is 12.9. The molecule has 0 saturated heterocycles. The highest BCUT2D eigenvalue weighted by molar-refractivity contribution is 7.20. The fraction of sp³-hybridized carbons (Fsp3) is 0.0526. The monoisotopic (exact) mass is 436 g/mol. The quantitative estimate of drug-likeness (QED) is 0.307. The Hall–Kier alpha value is -3.70. The highest BCUT2D eigenvalue weighted by Gasteiger charge is 2.19. The van der Waals surface area contributed by atoms with Crippen molar-refractivity contribution in [2.24, 2.45) is 0 Å². The lowest BCUT2D eigenvalue weighted by molar-refractivity contribution is -0.384. The Balaban J connectivity index is 1.52. The minimum Gasteiger partial charge on any atom is -0.292 e. The molecule has 9 nitrogen and oxygen atoms in total. The van der Waals surface area contributed by atoms with E-state index < -0.39 is 4.92 Å². The smallest absolute Gasteiger partial charge is 0.292 e. The first-order chi connectivity index (χ1) is 14.6. The second-order valence-corrected chi connectivity index (χ2v) is 8.14. The summed E-state index contributed by atoms with van der Waals surface area (Å²) >= 11 is 3.14. The lowest BCUT2D eigenvalue weighted by Crippen LogP contribution is -2.21. The fourth-order valence-electron chi connectivity index (χ4n) is 3.10. The average Bonchev–Trinajstić information content (AvgIpc) is 3.50. The third-order valence-electron chi connectivity index (χ3n) is 4.48. The molecule has 0 amide bonds. The summed E-state index contributed by atoms with van der Waals surface area (Å²) in [6.45, 7) is 0.278. The van der Waals surface area contributed by atoms with E-state index in [0.29, 0.717) is 0 Å². The summed E-state index contributed by atoms with van der Waals surface area (Å²) in [6, 6.07) is 10.2. The molecule has 0 saturated carbocycles. The van der Waals surface area contributed by atoms with Gasteiger partial charge in [-0.25, -0.2) is 14.6 Å². The van der Waals surface area contributed by atoms with Gasteiger partial charge in [0, 0.05) is 11.4 Å². The zero-order valence-corrected chi connectivity index (χ0v) is 16.8. The molecule has 0 N–H and O–H groups in total. The summed E-state index contributed by atoms with van der Waals surface area (Å²) < 4.78 is 2.78. The largest absolute Gasteiger partial charge is 0.294 e. The van der Waals surface area contributed by atoms with Crippen LogP contribution in [0.5, 0.6) is 0 Å². The summed E-state index contributed by atoms with van der Waals surface area (Å²) in [7, 11) is 0. The Morgan fingerprint density at radius 1 is 1.13 bits per heavy atom. The number of benzene rings is 1. The predicted octanol–water partition coefficient (Wildman–Crippen LogP) is 3.72. The zero-order valence-electron chi connectivity index (χ0n) is 15.2. The molecule has 0 aliphatic heterocycles. The Morgan fingerprint density at radius 2 is 2.00 bits per heavy atom.